The van der Waals surface area contributed by atoms with Crippen molar-refractivity contribution in [2.45, 2.75) is 20.0 Å². The maximum absolute atomic E-state index is 14.4. The highest BCUT2D eigenvalue weighted by molar-refractivity contribution is 6.33. The summed E-state index contributed by atoms with van der Waals surface area (Å²) >= 11 is 6.15. The number of hydrogen-bond acceptors (Lipinski definition) is 4. The predicted octanol–water partition coefficient (Wildman–Crippen LogP) is 4.62. The number of nitrogens with one attached hydrogen (secondary N) is 1. The molecule has 30 heavy (non-hydrogen) atoms. The summed E-state index contributed by atoms with van der Waals surface area (Å²) in [6, 6.07) is 13.9. The number of benzene rings is 2. The summed E-state index contributed by atoms with van der Waals surface area (Å²) < 4.78 is 21.4. The maximum atomic E-state index is 14.4. The van der Waals surface area contributed by atoms with Crippen molar-refractivity contribution in [3.05, 3.63) is 94.2 Å². The van der Waals surface area contributed by atoms with Gasteiger partial charge in [0, 0.05) is 18.9 Å². The number of aromatic nitrogens is 3. The van der Waals surface area contributed by atoms with Crippen LogP contribution in [0.25, 0.3) is 11.3 Å². The normalized spacial score (nSPS) is 10.9. The van der Waals surface area contributed by atoms with Gasteiger partial charge in [0.2, 0.25) is 0 Å². The molecule has 0 aliphatic rings. The van der Waals surface area contributed by atoms with Crippen molar-refractivity contribution < 1.29 is 13.7 Å². The fraction of sp³-hybridized carbons (Fsp3) is 0.136. The zero-order chi connectivity index (χ0) is 21.1. The number of aryl methyl sites for hydroxylation is 1. The monoisotopic (exact) mass is 424 g/mol. The fourth-order valence-corrected chi connectivity index (χ4v) is 3.50. The molecule has 4 rings (SSSR count). The Morgan fingerprint density at radius 3 is 2.70 bits per heavy atom. The third kappa shape index (κ3) is 3.97. The fourth-order valence-electron chi connectivity index (χ4n) is 3.25. The number of rotatable bonds is 6. The molecule has 6 nitrogen and oxygen atoms in total. The van der Waals surface area contributed by atoms with E-state index in [2.05, 4.69) is 15.6 Å². The van der Waals surface area contributed by atoms with Gasteiger partial charge in [0.05, 0.1) is 17.1 Å². The van der Waals surface area contributed by atoms with Gasteiger partial charge >= 0.3 is 0 Å². The van der Waals surface area contributed by atoms with Crippen molar-refractivity contribution in [2.24, 2.45) is 0 Å². The van der Waals surface area contributed by atoms with Crippen LogP contribution >= 0.6 is 11.6 Å². The second-order valence-corrected chi connectivity index (χ2v) is 7.12. The first kappa shape index (κ1) is 19.8. The van der Waals surface area contributed by atoms with Gasteiger partial charge in [0.25, 0.3) is 5.91 Å². The van der Waals surface area contributed by atoms with E-state index in [1.807, 2.05) is 41.2 Å². The van der Waals surface area contributed by atoms with E-state index >= 15 is 0 Å². The van der Waals surface area contributed by atoms with Gasteiger partial charge < -0.3 is 9.84 Å². The van der Waals surface area contributed by atoms with Crippen LogP contribution in [-0.2, 0) is 13.1 Å². The van der Waals surface area contributed by atoms with Crippen molar-refractivity contribution >= 4 is 17.5 Å². The minimum absolute atomic E-state index is 0.0419. The zero-order valence-corrected chi connectivity index (χ0v) is 16.9. The van der Waals surface area contributed by atoms with Crippen LogP contribution in [0.15, 0.2) is 65.4 Å². The number of hydrogen-bond donors (Lipinski definition) is 1. The van der Waals surface area contributed by atoms with Gasteiger partial charge in [-0.25, -0.2) is 4.39 Å². The highest BCUT2D eigenvalue weighted by atomic mass is 35.5. The van der Waals surface area contributed by atoms with E-state index in [1.54, 1.807) is 13.1 Å². The summed E-state index contributed by atoms with van der Waals surface area (Å²) in [4.78, 5) is 13.0. The average molecular weight is 425 g/mol. The Bertz CT molecular complexity index is 1170. The molecule has 1 amide bonds. The number of amides is 1. The molecular weight excluding hydrogens is 407 g/mol. The second-order valence-electron chi connectivity index (χ2n) is 6.71. The van der Waals surface area contributed by atoms with Crippen molar-refractivity contribution in [1.29, 1.82) is 0 Å². The molecule has 8 heteroatoms. The Morgan fingerprint density at radius 2 is 1.97 bits per heavy atom. The number of halogens is 2. The summed E-state index contributed by atoms with van der Waals surface area (Å²) in [5.74, 6) is -0.710. The van der Waals surface area contributed by atoms with Crippen LogP contribution in [0.2, 0.25) is 5.02 Å². The lowest BCUT2D eigenvalue weighted by Gasteiger charge is -2.11. The molecule has 0 unspecified atom stereocenters. The summed E-state index contributed by atoms with van der Waals surface area (Å²) in [6.45, 7) is 2.47. The zero-order valence-electron chi connectivity index (χ0n) is 16.1. The van der Waals surface area contributed by atoms with Gasteiger partial charge in [0.1, 0.15) is 22.8 Å². The Labute approximate surface area is 177 Å². The SMILES string of the molecule is Cc1onc(-c2c(F)cccc2Cl)c1C(=O)NCc1ccccc1Cn1cccn1. The van der Waals surface area contributed by atoms with Crippen LogP contribution in [0.1, 0.15) is 27.2 Å². The van der Waals surface area contributed by atoms with Crippen molar-refractivity contribution in [3.8, 4) is 11.3 Å². The van der Waals surface area contributed by atoms with Crippen LogP contribution in [-0.4, -0.2) is 20.8 Å². The van der Waals surface area contributed by atoms with E-state index in [9.17, 15) is 9.18 Å². The molecule has 152 valence electrons. The summed E-state index contributed by atoms with van der Waals surface area (Å²) in [5, 5.41) is 11.1. The Morgan fingerprint density at radius 1 is 1.17 bits per heavy atom. The molecular formula is C22H18ClFN4O2. The van der Waals surface area contributed by atoms with Gasteiger partial charge in [-0.15, -0.1) is 0 Å². The van der Waals surface area contributed by atoms with Gasteiger partial charge in [0.15, 0.2) is 0 Å². The third-order valence-corrected chi connectivity index (χ3v) is 5.05. The molecule has 0 bridgehead atoms. The molecule has 4 aromatic rings. The Hall–Kier alpha value is -3.45. The average Bonchev–Trinajstić information content (AvgIpc) is 3.37. The predicted molar refractivity (Wildman–Crippen MR) is 111 cm³/mol. The Kier molecular flexibility index (Phi) is 5.63. The van der Waals surface area contributed by atoms with E-state index in [4.69, 9.17) is 16.1 Å². The van der Waals surface area contributed by atoms with Crippen molar-refractivity contribution in [3.63, 3.8) is 0 Å². The number of carbonyl (C=O) groups is 1. The molecule has 0 aliphatic carbocycles. The summed E-state index contributed by atoms with van der Waals surface area (Å²) in [7, 11) is 0. The molecule has 0 atom stereocenters. The number of nitrogens with zero attached hydrogens (tertiary/aromatic N) is 3. The molecule has 0 saturated carbocycles. The van der Waals surface area contributed by atoms with E-state index in [-0.39, 0.29) is 34.1 Å². The molecule has 0 radical (unpaired) electrons. The lowest BCUT2D eigenvalue weighted by Crippen LogP contribution is -2.24. The van der Waals surface area contributed by atoms with E-state index < -0.39 is 11.7 Å². The van der Waals surface area contributed by atoms with Crippen LogP contribution in [0.4, 0.5) is 4.39 Å². The standard InChI is InChI=1S/C22H18ClFN4O2/c1-14-19(21(27-30-14)20-17(23)8-4-9-18(20)24)22(29)25-12-15-6-2-3-7-16(15)13-28-11-5-10-26-28/h2-11H,12-13H2,1H3,(H,25,29). The molecule has 0 fully saturated rings. The molecule has 0 spiro atoms. The topological polar surface area (TPSA) is 73.0 Å². The summed E-state index contributed by atoms with van der Waals surface area (Å²) in [6.07, 6.45) is 3.59. The molecule has 0 aliphatic heterocycles. The molecule has 1 N–H and O–H groups in total. The second kappa shape index (κ2) is 8.51. The van der Waals surface area contributed by atoms with E-state index in [0.29, 0.717) is 6.54 Å². The van der Waals surface area contributed by atoms with Crippen LogP contribution in [0.5, 0.6) is 0 Å². The van der Waals surface area contributed by atoms with Gasteiger partial charge in [-0.05, 0) is 36.2 Å². The lowest BCUT2D eigenvalue weighted by atomic mass is 10.0. The van der Waals surface area contributed by atoms with E-state index in [1.165, 1.54) is 18.2 Å². The molecule has 2 aromatic heterocycles. The molecule has 2 heterocycles. The summed E-state index contributed by atoms with van der Waals surface area (Å²) in [5.41, 5.74) is 2.26. The molecule has 2 aromatic carbocycles. The highest BCUT2D eigenvalue weighted by Gasteiger charge is 2.25. The van der Waals surface area contributed by atoms with Gasteiger partial charge in [-0.1, -0.05) is 47.1 Å². The first-order valence-corrected chi connectivity index (χ1v) is 9.65. The first-order chi connectivity index (χ1) is 14.5. The van der Waals surface area contributed by atoms with Crippen molar-refractivity contribution in [1.82, 2.24) is 20.3 Å². The largest absolute Gasteiger partial charge is 0.360 e. The van der Waals surface area contributed by atoms with Crippen LogP contribution < -0.4 is 5.32 Å². The molecule has 0 saturated heterocycles. The van der Waals surface area contributed by atoms with Crippen molar-refractivity contribution in [2.75, 3.05) is 0 Å². The quantitative estimate of drug-likeness (QED) is 0.490. The smallest absolute Gasteiger partial charge is 0.257 e. The lowest BCUT2D eigenvalue weighted by molar-refractivity contribution is 0.0950. The van der Waals surface area contributed by atoms with E-state index in [0.717, 1.165) is 11.1 Å². The first-order valence-electron chi connectivity index (χ1n) is 9.27. The van der Waals surface area contributed by atoms with Gasteiger partial charge in [-0.3, -0.25) is 9.48 Å². The minimum atomic E-state index is -0.575. The highest BCUT2D eigenvalue weighted by Crippen LogP contribution is 2.33. The third-order valence-electron chi connectivity index (χ3n) is 4.74. The maximum Gasteiger partial charge on any atom is 0.257 e. The Balaban J connectivity index is 1.58. The number of carbonyl (C=O) groups excluding carboxylic acids is 1. The van der Waals surface area contributed by atoms with Gasteiger partial charge in [-0.2, -0.15) is 5.10 Å². The van der Waals surface area contributed by atoms with Crippen LogP contribution in [0, 0.1) is 12.7 Å². The van der Waals surface area contributed by atoms with Crippen LogP contribution in [0.3, 0.4) is 0 Å². The minimum Gasteiger partial charge on any atom is -0.360 e.